The SMILES string of the molecule is Cc1ccccc1-c1nc(Br)[nH]c1C. The van der Waals surface area contributed by atoms with Crippen LogP contribution < -0.4 is 0 Å². The van der Waals surface area contributed by atoms with Crippen LogP contribution in [0.4, 0.5) is 0 Å². The van der Waals surface area contributed by atoms with Crippen LogP contribution in [-0.4, -0.2) is 9.97 Å². The van der Waals surface area contributed by atoms with Gasteiger partial charge in [0.1, 0.15) is 0 Å². The number of hydrogen-bond acceptors (Lipinski definition) is 1. The standard InChI is InChI=1S/C11H11BrN2/c1-7-5-3-4-6-9(7)10-8(2)13-11(12)14-10/h3-6H,1-2H3,(H,13,14). The summed E-state index contributed by atoms with van der Waals surface area (Å²) in [6.45, 7) is 4.12. The van der Waals surface area contributed by atoms with Crippen LogP contribution in [0.5, 0.6) is 0 Å². The summed E-state index contributed by atoms with van der Waals surface area (Å²) >= 11 is 3.34. The van der Waals surface area contributed by atoms with Crippen LogP contribution in [0.2, 0.25) is 0 Å². The van der Waals surface area contributed by atoms with Crippen molar-refractivity contribution in [2.45, 2.75) is 13.8 Å². The first-order valence-electron chi connectivity index (χ1n) is 4.46. The Balaban J connectivity index is 2.60. The van der Waals surface area contributed by atoms with Crippen molar-refractivity contribution in [1.82, 2.24) is 9.97 Å². The summed E-state index contributed by atoms with van der Waals surface area (Å²) in [6.07, 6.45) is 0. The highest BCUT2D eigenvalue weighted by Crippen LogP contribution is 2.25. The van der Waals surface area contributed by atoms with Gasteiger partial charge in [-0.1, -0.05) is 24.3 Å². The number of aryl methyl sites for hydroxylation is 2. The maximum absolute atomic E-state index is 4.40. The maximum Gasteiger partial charge on any atom is 0.175 e. The van der Waals surface area contributed by atoms with Gasteiger partial charge >= 0.3 is 0 Å². The average molecular weight is 251 g/mol. The second kappa shape index (κ2) is 3.58. The number of benzene rings is 1. The van der Waals surface area contributed by atoms with Gasteiger partial charge in [0.05, 0.1) is 5.69 Å². The van der Waals surface area contributed by atoms with Crippen LogP contribution >= 0.6 is 15.9 Å². The average Bonchev–Trinajstić information content (AvgIpc) is 2.46. The predicted molar refractivity (Wildman–Crippen MR) is 61.2 cm³/mol. The minimum atomic E-state index is 0.785. The van der Waals surface area contributed by atoms with E-state index in [9.17, 15) is 0 Å². The number of imidazole rings is 1. The van der Waals surface area contributed by atoms with E-state index in [0.717, 1.165) is 16.1 Å². The molecule has 0 aliphatic heterocycles. The van der Waals surface area contributed by atoms with Crippen molar-refractivity contribution in [3.8, 4) is 11.3 Å². The third-order valence-corrected chi connectivity index (χ3v) is 2.63. The molecule has 14 heavy (non-hydrogen) atoms. The van der Waals surface area contributed by atoms with Crippen LogP contribution in [0.1, 0.15) is 11.3 Å². The molecule has 0 saturated heterocycles. The molecule has 2 aromatic rings. The summed E-state index contributed by atoms with van der Waals surface area (Å²) in [6, 6.07) is 8.25. The Labute approximate surface area is 91.5 Å². The van der Waals surface area contributed by atoms with Gasteiger partial charge in [-0.15, -0.1) is 0 Å². The van der Waals surface area contributed by atoms with Gasteiger partial charge < -0.3 is 4.98 Å². The minimum Gasteiger partial charge on any atom is -0.336 e. The van der Waals surface area contributed by atoms with Gasteiger partial charge in [-0.2, -0.15) is 0 Å². The summed E-state index contributed by atoms with van der Waals surface area (Å²) < 4.78 is 0.785. The van der Waals surface area contributed by atoms with Crippen molar-refractivity contribution < 1.29 is 0 Å². The molecule has 3 heteroatoms. The number of aromatic amines is 1. The van der Waals surface area contributed by atoms with E-state index < -0.39 is 0 Å². The molecular formula is C11H11BrN2. The van der Waals surface area contributed by atoms with E-state index in [0.29, 0.717) is 0 Å². The molecule has 2 rings (SSSR count). The number of H-pyrrole nitrogens is 1. The lowest BCUT2D eigenvalue weighted by atomic mass is 10.1. The Morgan fingerprint density at radius 1 is 1.21 bits per heavy atom. The van der Waals surface area contributed by atoms with Crippen molar-refractivity contribution >= 4 is 15.9 Å². The zero-order valence-electron chi connectivity index (χ0n) is 8.13. The first-order valence-corrected chi connectivity index (χ1v) is 5.26. The van der Waals surface area contributed by atoms with Crippen molar-refractivity contribution in [3.05, 3.63) is 40.3 Å². The van der Waals surface area contributed by atoms with Gasteiger partial charge in [-0.25, -0.2) is 4.98 Å². The van der Waals surface area contributed by atoms with Gasteiger partial charge in [-0.3, -0.25) is 0 Å². The fraction of sp³-hybridized carbons (Fsp3) is 0.182. The molecule has 1 heterocycles. The van der Waals surface area contributed by atoms with Crippen LogP contribution in [0.25, 0.3) is 11.3 Å². The number of hydrogen-bond donors (Lipinski definition) is 1. The second-order valence-corrected chi connectivity index (χ2v) is 4.07. The van der Waals surface area contributed by atoms with E-state index in [1.165, 1.54) is 11.1 Å². The monoisotopic (exact) mass is 250 g/mol. The molecule has 0 spiro atoms. The molecular weight excluding hydrogens is 240 g/mol. The molecule has 0 aliphatic rings. The number of nitrogens with one attached hydrogen (secondary N) is 1. The molecule has 1 N–H and O–H groups in total. The van der Waals surface area contributed by atoms with Crippen LogP contribution in [0.3, 0.4) is 0 Å². The van der Waals surface area contributed by atoms with Gasteiger partial charge in [0.25, 0.3) is 0 Å². The number of nitrogens with zero attached hydrogens (tertiary/aromatic N) is 1. The van der Waals surface area contributed by atoms with E-state index >= 15 is 0 Å². The highest BCUT2D eigenvalue weighted by Gasteiger charge is 2.08. The van der Waals surface area contributed by atoms with Crippen molar-refractivity contribution in [2.24, 2.45) is 0 Å². The summed E-state index contributed by atoms with van der Waals surface area (Å²) in [5.74, 6) is 0. The molecule has 72 valence electrons. The van der Waals surface area contributed by atoms with E-state index in [4.69, 9.17) is 0 Å². The lowest BCUT2D eigenvalue weighted by Gasteiger charge is -2.02. The van der Waals surface area contributed by atoms with Gasteiger partial charge in [0.2, 0.25) is 0 Å². The molecule has 0 fully saturated rings. The zero-order valence-corrected chi connectivity index (χ0v) is 9.72. The molecule has 0 saturated carbocycles. The Morgan fingerprint density at radius 3 is 2.50 bits per heavy atom. The van der Waals surface area contributed by atoms with Crippen molar-refractivity contribution in [3.63, 3.8) is 0 Å². The summed E-state index contributed by atoms with van der Waals surface area (Å²) in [4.78, 5) is 7.54. The number of rotatable bonds is 1. The molecule has 2 nitrogen and oxygen atoms in total. The fourth-order valence-electron chi connectivity index (χ4n) is 1.52. The first kappa shape index (κ1) is 9.46. The quantitative estimate of drug-likeness (QED) is 0.826. The van der Waals surface area contributed by atoms with Gasteiger partial charge in [0, 0.05) is 11.3 Å². The Kier molecular flexibility index (Phi) is 2.42. The van der Waals surface area contributed by atoms with Crippen molar-refractivity contribution in [2.75, 3.05) is 0 Å². The molecule has 0 atom stereocenters. The van der Waals surface area contributed by atoms with Crippen LogP contribution in [0, 0.1) is 13.8 Å². The molecule has 0 radical (unpaired) electrons. The third kappa shape index (κ3) is 1.60. The van der Waals surface area contributed by atoms with E-state index in [1.54, 1.807) is 0 Å². The maximum atomic E-state index is 4.40. The molecule has 0 unspecified atom stereocenters. The van der Waals surface area contributed by atoms with Crippen LogP contribution in [0.15, 0.2) is 29.0 Å². The summed E-state index contributed by atoms with van der Waals surface area (Å²) in [5.41, 5.74) is 4.54. The van der Waals surface area contributed by atoms with E-state index in [2.05, 4.69) is 45.0 Å². The third-order valence-electron chi connectivity index (χ3n) is 2.26. The Bertz CT molecular complexity index is 460. The predicted octanol–water partition coefficient (Wildman–Crippen LogP) is 3.46. The lowest BCUT2D eigenvalue weighted by Crippen LogP contribution is -1.84. The van der Waals surface area contributed by atoms with E-state index in [1.807, 2.05) is 19.1 Å². The zero-order chi connectivity index (χ0) is 10.1. The van der Waals surface area contributed by atoms with E-state index in [-0.39, 0.29) is 0 Å². The Morgan fingerprint density at radius 2 is 1.93 bits per heavy atom. The number of aromatic nitrogens is 2. The largest absolute Gasteiger partial charge is 0.336 e. The highest BCUT2D eigenvalue weighted by atomic mass is 79.9. The molecule has 0 aliphatic carbocycles. The summed E-state index contributed by atoms with van der Waals surface area (Å²) in [7, 11) is 0. The lowest BCUT2D eigenvalue weighted by molar-refractivity contribution is 1.20. The second-order valence-electron chi connectivity index (χ2n) is 3.32. The highest BCUT2D eigenvalue weighted by molar-refractivity contribution is 9.10. The molecule has 1 aromatic carbocycles. The molecule has 0 bridgehead atoms. The van der Waals surface area contributed by atoms with Gasteiger partial charge in [0.15, 0.2) is 4.73 Å². The summed E-state index contributed by atoms with van der Waals surface area (Å²) in [5, 5.41) is 0. The Hall–Kier alpha value is -1.09. The van der Waals surface area contributed by atoms with Crippen molar-refractivity contribution in [1.29, 1.82) is 0 Å². The normalized spacial score (nSPS) is 10.5. The number of halogens is 1. The smallest absolute Gasteiger partial charge is 0.175 e. The fourth-order valence-corrected chi connectivity index (χ4v) is 2.00. The van der Waals surface area contributed by atoms with Crippen LogP contribution in [-0.2, 0) is 0 Å². The topological polar surface area (TPSA) is 28.7 Å². The first-order chi connectivity index (χ1) is 6.68. The minimum absolute atomic E-state index is 0.785. The molecule has 1 aromatic heterocycles. The van der Waals surface area contributed by atoms with Gasteiger partial charge in [-0.05, 0) is 35.3 Å². The molecule has 0 amide bonds.